The van der Waals surface area contributed by atoms with Gasteiger partial charge in [0.1, 0.15) is 5.70 Å². The van der Waals surface area contributed by atoms with E-state index in [9.17, 15) is 9.59 Å². The highest BCUT2D eigenvalue weighted by Gasteiger charge is 2.24. The minimum absolute atomic E-state index is 0.0408. The number of carbonyl (C=O) groups excluding carboxylic acids is 2. The van der Waals surface area contributed by atoms with Crippen LogP contribution < -0.4 is 10.6 Å². The molecule has 2 aliphatic rings. The molecule has 3 rings (SSSR count). The molecule has 4 nitrogen and oxygen atoms in total. The number of nitrogens with one attached hydrogen (secondary N) is 2. The Morgan fingerprint density at radius 1 is 1.00 bits per heavy atom. The van der Waals surface area contributed by atoms with Crippen molar-refractivity contribution in [1.29, 1.82) is 0 Å². The molecule has 2 N–H and O–H groups in total. The van der Waals surface area contributed by atoms with E-state index >= 15 is 0 Å². The van der Waals surface area contributed by atoms with Crippen LogP contribution in [0.5, 0.6) is 0 Å². The average molecular weight is 326 g/mol. The molecule has 2 fully saturated rings. The van der Waals surface area contributed by atoms with Gasteiger partial charge in [-0.3, -0.25) is 10.1 Å². The van der Waals surface area contributed by atoms with Gasteiger partial charge in [-0.1, -0.05) is 58.2 Å². The first-order chi connectivity index (χ1) is 11.3. The van der Waals surface area contributed by atoms with Gasteiger partial charge in [-0.15, -0.1) is 0 Å². The van der Waals surface area contributed by atoms with Crippen molar-refractivity contribution in [3.05, 3.63) is 40.6 Å². The molecule has 3 amide bonds. The summed E-state index contributed by atoms with van der Waals surface area (Å²) in [5.74, 6) is 0.241. The fraction of sp³-hybridized carbons (Fsp3) is 0.500. The minimum atomic E-state index is -0.453. The van der Waals surface area contributed by atoms with Crippen LogP contribution in [0.15, 0.2) is 23.9 Å². The molecule has 0 radical (unpaired) electrons. The number of benzene rings is 1. The monoisotopic (exact) mass is 326 g/mol. The summed E-state index contributed by atoms with van der Waals surface area (Å²) in [4.78, 5) is 23.1. The number of hydrogen-bond acceptors (Lipinski definition) is 2. The molecule has 0 bridgehead atoms. The van der Waals surface area contributed by atoms with Crippen molar-refractivity contribution < 1.29 is 9.59 Å². The van der Waals surface area contributed by atoms with Crippen LogP contribution in [0.3, 0.4) is 0 Å². The third-order valence-electron chi connectivity index (χ3n) is 4.95. The molecule has 1 aliphatic carbocycles. The summed E-state index contributed by atoms with van der Waals surface area (Å²) in [6, 6.07) is 6.17. The van der Waals surface area contributed by atoms with E-state index in [-0.39, 0.29) is 11.3 Å². The first kappa shape index (κ1) is 16.7. The molecule has 0 unspecified atom stereocenters. The summed E-state index contributed by atoms with van der Waals surface area (Å²) in [6.07, 6.45) is 8.17. The maximum Gasteiger partial charge on any atom is 0.326 e. The Bertz CT molecular complexity index is 692. The van der Waals surface area contributed by atoms with Gasteiger partial charge in [0, 0.05) is 0 Å². The van der Waals surface area contributed by atoms with Crippen molar-refractivity contribution in [2.24, 2.45) is 0 Å². The zero-order valence-corrected chi connectivity index (χ0v) is 14.7. The molecule has 0 atom stereocenters. The molecule has 0 aromatic heterocycles. The number of urea groups is 1. The second kappa shape index (κ2) is 6.42. The Morgan fingerprint density at radius 2 is 1.71 bits per heavy atom. The largest absolute Gasteiger partial charge is 0.326 e. The van der Waals surface area contributed by atoms with Crippen molar-refractivity contribution in [3.8, 4) is 0 Å². The summed E-state index contributed by atoms with van der Waals surface area (Å²) < 4.78 is 0. The molecule has 4 heteroatoms. The number of carbonyl (C=O) groups is 2. The van der Waals surface area contributed by atoms with Crippen molar-refractivity contribution in [2.75, 3.05) is 0 Å². The quantitative estimate of drug-likeness (QED) is 0.632. The summed E-state index contributed by atoms with van der Waals surface area (Å²) in [5, 5.41) is 4.82. The maximum atomic E-state index is 11.8. The van der Waals surface area contributed by atoms with Crippen LogP contribution in [-0.2, 0) is 10.2 Å². The van der Waals surface area contributed by atoms with Crippen LogP contribution in [0.1, 0.15) is 75.5 Å². The van der Waals surface area contributed by atoms with Crippen molar-refractivity contribution in [3.63, 3.8) is 0 Å². The van der Waals surface area contributed by atoms with E-state index in [2.05, 4.69) is 49.6 Å². The van der Waals surface area contributed by atoms with Crippen molar-refractivity contribution in [2.45, 2.75) is 64.2 Å². The second-order valence-corrected chi connectivity index (χ2v) is 7.94. The van der Waals surface area contributed by atoms with Crippen molar-refractivity contribution in [1.82, 2.24) is 10.6 Å². The Balaban J connectivity index is 2.00. The highest BCUT2D eigenvalue weighted by molar-refractivity contribution is 6.13. The van der Waals surface area contributed by atoms with Crippen LogP contribution in [-0.4, -0.2) is 11.9 Å². The molecule has 24 heavy (non-hydrogen) atoms. The average Bonchev–Trinajstić information content (AvgIpc) is 2.84. The molecule has 128 valence electrons. The predicted molar refractivity (Wildman–Crippen MR) is 95.6 cm³/mol. The Labute approximate surface area is 143 Å². The van der Waals surface area contributed by atoms with Gasteiger partial charge in [-0.05, 0) is 46.9 Å². The lowest BCUT2D eigenvalue weighted by atomic mass is 9.79. The molecule has 1 heterocycles. The van der Waals surface area contributed by atoms with Crippen molar-refractivity contribution >= 4 is 18.0 Å². The predicted octanol–water partition coefficient (Wildman–Crippen LogP) is 4.21. The lowest BCUT2D eigenvalue weighted by Crippen LogP contribution is -2.22. The Hall–Kier alpha value is -2.10. The maximum absolute atomic E-state index is 11.8. The van der Waals surface area contributed by atoms with E-state index in [1.54, 1.807) is 6.08 Å². The molecule has 1 aliphatic heterocycles. The second-order valence-electron chi connectivity index (χ2n) is 7.94. The standard InChI is InChI=1S/C20H26N2O2/c1-20(2,3)16-10-13(11-17-18(23)22-19(24)21-17)9-15(12-16)14-7-5-4-6-8-14/h9-12,14H,4-8H2,1-3H3,(H2,21,22,23,24). The summed E-state index contributed by atoms with van der Waals surface area (Å²) in [7, 11) is 0. The molecule has 1 aromatic carbocycles. The number of hydrogen-bond donors (Lipinski definition) is 2. The zero-order chi connectivity index (χ0) is 17.3. The van der Waals surface area contributed by atoms with Gasteiger partial charge < -0.3 is 5.32 Å². The zero-order valence-electron chi connectivity index (χ0n) is 14.7. The topological polar surface area (TPSA) is 58.2 Å². The molecule has 0 spiro atoms. The molecular formula is C20H26N2O2. The molecular weight excluding hydrogens is 300 g/mol. The van der Waals surface area contributed by atoms with E-state index in [0.29, 0.717) is 11.6 Å². The van der Waals surface area contributed by atoms with Crippen LogP contribution >= 0.6 is 0 Å². The van der Waals surface area contributed by atoms with Gasteiger partial charge in [0.2, 0.25) is 0 Å². The van der Waals surface area contributed by atoms with Gasteiger partial charge >= 0.3 is 6.03 Å². The smallest absolute Gasteiger partial charge is 0.303 e. The Morgan fingerprint density at radius 3 is 2.29 bits per heavy atom. The van der Waals surface area contributed by atoms with Crippen LogP contribution in [0.4, 0.5) is 4.79 Å². The van der Waals surface area contributed by atoms with Gasteiger partial charge in [-0.25, -0.2) is 4.79 Å². The summed E-state index contributed by atoms with van der Waals surface area (Å²) >= 11 is 0. The lowest BCUT2D eigenvalue weighted by Gasteiger charge is -2.26. The summed E-state index contributed by atoms with van der Waals surface area (Å²) in [6.45, 7) is 6.61. The van der Waals surface area contributed by atoms with E-state index in [1.807, 2.05) is 0 Å². The highest BCUT2D eigenvalue weighted by atomic mass is 16.2. The van der Waals surface area contributed by atoms with Crippen LogP contribution in [0, 0.1) is 0 Å². The highest BCUT2D eigenvalue weighted by Crippen LogP contribution is 2.36. The van der Waals surface area contributed by atoms with E-state index < -0.39 is 6.03 Å². The minimum Gasteiger partial charge on any atom is -0.303 e. The third kappa shape index (κ3) is 3.69. The van der Waals surface area contributed by atoms with Gasteiger partial charge in [0.05, 0.1) is 0 Å². The lowest BCUT2D eigenvalue weighted by molar-refractivity contribution is -0.115. The fourth-order valence-corrected chi connectivity index (χ4v) is 3.51. The number of imide groups is 1. The SMILES string of the molecule is CC(C)(C)c1cc(C=C2NC(=O)NC2=O)cc(C2CCCCC2)c1. The Kier molecular flexibility index (Phi) is 4.48. The van der Waals surface area contributed by atoms with Crippen LogP contribution in [0.25, 0.3) is 6.08 Å². The van der Waals surface area contributed by atoms with Gasteiger partial charge in [-0.2, -0.15) is 0 Å². The molecule has 1 saturated heterocycles. The third-order valence-corrected chi connectivity index (χ3v) is 4.95. The van der Waals surface area contributed by atoms with E-state index in [4.69, 9.17) is 0 Å². The normalized spacial score (nSPS) is 21.0. The van der Waals surface area contributed by atoms with Gasteiger partial charge in [0.25, 0.3) is 5.91 Å². The van der Waals surface area contributed by atoms with Crippen LogP contribution in [0.2, 0.25) is 0 Å². The molecule has 1 aromatic rings. The number of amides is 3. The first-order valence-electron chi connectivity index (χ1n) is 8.82. The fourth-order valence-electron chi connectivity index (χ4n) is 3.51. The number of rotatable bonds is 2. The van der Waals surface area contributed by atoms with E-state index in [1.165, 1.54) is 43.2 Å². The molecule has 1 saturated carbocycles. The van der Waals surface area contributed by atoms with Gasteiger partial charge in [0.15, 0.2) is 0 Å². The summed E-state index contributed by atoms with van der Waals surface area (Å²) in [5.41, 5.74) is 3.97. The first-order valence-corrected chi connectivity index (χ1v) is 8.82. The van der Waals surface area contributed by atoms with E-state index in [0.717, 1.165) is 5.56 Å².